The van der Waals surface area contributed by atoms with Crippen molar-refractivity contribution in [2.75, 3.05) is 0 Å². The fraction of sp³-hybridized carbons (Fsp3) is 0.167. The normalized spacial score (nSPS) is 9.00. The molecule has 1 rings (SSSR count). The quantitative estimate of drug-likeness (QED) is 0.546. The van der Waals surface area contributed by atoms with Gasteiger partial charge in [0.1, 0.15) is 0 Å². The highest BCUT2D eigenvalue weighted by molar-refractivity contribution is 7.09. The van der Waals surface area contributed by atoms with Gasteiger partial charge < -0.3 is 0 Å². The lowest BCUT2D eigenvalue weighted by Crippen LogP contribution is -1.73. The number of rotatable bonds is 2. The van der Waals surface area contributed by atoms with Crippen molar-refractivity contribution in [3.8, 4) is 0 Å². The first-order valence-electron chi connectivity index (χ1n) is 2.35. The zero-order chi connectivity index (χ0) is 5.82. The second-order valence-electron chi connectivity index (χ2n) is 1.36. The molecule has 8 heavy (non-hydrogen) atoms. The van der Waals surface area contributed by atoms with E-state index >= 15 is 0 Å². The Morgan fingerprint density at radius 2 is 2.88 bits per heavy atom. The highest BCUT2D eigenvalue weighted by Crippen LogP contribution is 2.02. The average molecular weight is 124 g/mol. The van der Waals surface area contributed by atoms with E-state index in [-0.39, 0.29) is 0 Å². The molecule has 0 aliphatic heterocycles. The van der Waals surface area contributed by atoms with E-state index in [0.717, 1.165) is 11.4 Å². The fourth-order valence-corrected chi connectivity index (χ4v) is 0.985. The molecule has 1 aromatic heterocycles. The minimum atomic E-state index is 0.869. The summed E-state index contributed by atoms with van der Waals surface area (Å²) < 4.78 is 0. The molecule has 0 aliphatic rings. The van der Waals surface area contributed by atoms with Crippen molar-refractivity contribution in [3.63, 3.8) is 0 Å². The van der Waals surface area contributed by atoms with Gasteiger partial charge in [-0.1, -0.05) is 6.08 Å². The van der Waals surface area contributed by atoms with Crippen LogP contribution in [-0.2, 0) is 6.42 Å². The van der Waals surface area contributed by atoms with Gasteiger partial charge in [0.25, 0.3) is 0 Å². The molecular formula is C6H6NS. The summed E-state index contributed by atoms with van der Waals surface area (Å²) in [7, 11) is 0. The zero-order valence-corrected chi connectivity index (χ0v) is 5.24. The maximum Gasteiger partial charge on any atom is 0.0969 e. The predicted octanol–water partition coefficient (Wildman–Crippen LogP) is 1.67. The van der Waals surface area contributed by atoms with Crippen LogP contribution in [0.15, 0.2) is 18.9 Å². The van der Waals surface area contributed by atoms with E-state index in [4.69, 9.17) is 0 Å². The van der Waals surface area contributed by atoms with Gasteiger partial charge in [-0.2, -0.15) is 0 Å². The number of hydrogen-bond acceptors (Lipinski definition) is 2. The molecule has 0 unspecified atom stereocenters. The van der Waals surface area contributed by atoms with E-state index in [1.807, 2.05) is 6.08 Å². The zero-order valence-electron chi connectivity index (χ0n) is 4.42. The third-order valence-electron chi connectivity index (χ3n) is 0.757. The lowest BCUT2D eigenvalue weighted by atomic mass is 10.4. The smallest absolute Gasteiger partial charge is 0.0969 e. The summed E-state index contributed by atoms with van der Waals surface area (Å²) in [5.74, 6) is 0. The van der Waals surface area contributed by atoms with Crippen LogP contribution in [0.3, 0.4) is 0 Å². The molecule has 1 radical (unpaired) electrons. The summed E-state index contributed by atoms with van der Waals surface area (Å²) in [5.41, 5.74) is 0. The van der Waals surface area contributed by atoms with Crippen LogP contribution in [-0.4, -0.2) is 4.98 Å². The molecule has 0 spiro atoms. The van der Waals surface area contributed by atoms with Crippen molar-refractivity contribution in [1.82, 2.24) is 4.98 Å². The molecule has 0 saturated heterocycles. The van der Waals surface area contributed by atoms with E-state index in [1.165, 1.54) is 0 Å². The molecule has 0 saturated carbocycles. The van der Waals surface area contributed by atoms with Gasteiger partial charge in [-0.3, -0.25) is 0 Å². The maximum absolute atomic E-state index is 4.00. The number of thiazole rings is 1. The Kier molecular flexibility index (Phi) is 1.80. The maximum atomic E-state index is 4.00. The van der Waals surface area contributed by atoms with Gasteiger partial charge >= 0.3 is 0 Å². The Morgan fingerprint density at radius 1 is 2.00 bits per heavy atom. The molecule has 0 N–H and O–H groups in total. The van der Waals surface area contributed by atoms with Crippen LogP contribution in [0.1, 0.15) is 5.01 Å². The Balaban J connectivity index is 2.62. The van der Waals surface area contributed by atoms with Crippen LogP contribution >= 0.6 is 11.3 Å². The van der Waals surface area contributed by atoms with E-state index in [0.29, 0.717) is 0 Å². The first kappa shape index (κ1) is 5.51. The fourth-order valence-electron chi connectivity index (χ4n) is 0.437. The van der Waals surface area contributed by atoms with Crippen LogP contribution < -0.4 is 0 Å². The van der Waals surface area contributed by atoms with E-state index < -0.39 is 0 Å². The monoisotopic (exact) mass is 124 g/mol. The van der Waals surface area contributed by atoms with Crippen molar-refractivity contribution in [1.29, 1.82) is 0 Å². The van der Waals surface area contributed by atoms with Gasteiger partial charge in [-0.25, -0.2) is 4.98 Å². The average Bonchev–Trinajstić information content (AvgIpc) is 2.19. The van der Waals surface area contributed by atoms with Crippen LogP contribution in [0.25, 0.3) is 0 Å². The van der Waals surface area contributed by atoms with Gasteiger partial charge in [0, 0.05) is 12.6 Å². The van der Waals surface area contributed by atoms with E-state index in [9.17, 15) is 0 Å². The first-order valence-corrected chi connectivity index (χ1v) is 3.17. The summed E-state index contributed by atoms with van der Waals surface area (Å²) in [6.45, 7) is 3.59. The highest BCUT2D eigenvalue weighted by atomic mass is 32.1. The SMILES string of the molecule is C=CCc1nc[c]s1. The van der Waals surface area contributed by atoms with Crippen LogP contribution in [0, 0.1) is 5.38 Å². The second kappa shape index (κ2) is 2.62. The number of nitrogens with zero attached hydrogens (tertiary/aromatic N) is 1. The molecule has 0 bridgehead atoms. The molecule has 0 aliphatic carbocycles. The number of aromatic nitrogens is 1. The lowest BCUT2D eigenvalue weighted by Gasteiger charge is -1.79. The minimum Gasteiger partial charge on any atom is -0.249 e. The van der Waals surface area contributed by atoms with Gasteiger partial charge in [-0.15, -0.1) is 17.9 Å². The summed E-state index contributed by atoms with van der Waals surface area (Å²) in [5, 5.41) is 3.98. The summed E-state index contributed by atoms with van der Waals surface area (Å²) in [6, 6.07) is 0. The van der Waals surface area contributed by atoms with Crippen LogP contribution in [0.5, 0.6) is 0 Å². The Hall–Kier alpha value is -0.630. The Labute approximate surface area is 52.7 Å². The second-order valence-corrected chi connectivity index (χ2v) is 2.28. The summed E-state index contributed by atoms with van der Waals surface area (Å²) in [4.78, 5) is 4.00. The molecule has 1 aromatic rings. The molecule has 0 atom stereocenters. The number of hydrogen-bond donors (Lipinski definition) is 0. The van der Waals surface area contributed by atoms with Crippen molar-refractivity contribution >= 4 is 11.3 Å². The molecule has 2 heteroatoms. The molecule has 0 fully saturated rings. The van der Waals surface area contributed by atoms with Crippen LogP contribution in [0.4, 0.5) is 0 Å². The van der Waals surface area contributed by atoms with Crippen molar-refractivity contribution in [2.24, 2.45) is 0 Å². The number of allylic oxidation sites excluding steroid dienone is 1. The standard InChI is InChI=1S/C6H6NS/c1-2-3-6-7-4-5-8-6/h2,4H,1,3H2. The molecule has 1 heterocycles. The molecular weight excluding hydrogens is 118 g/mol. The van der Waals surface area contributed by atoms with E-state index in [1.54, 1.807) is 17.5 Å². The Bertz CT molecular complexity index is 155. The molecule has 41 valence electrons. The van der Waals surface area contributed by atoms with Crippen molar-refractivity contribution in [3.05, 3.63) is 29.2 Å². The topological polar surface area (TPSA) is 12.9 Å². The van der Waals surface area contributed by atoms with Gasteiger partial charge in [0.05, 0.1) is 10.4 Å². The third-order valence-corrected chi connectivity index (χ3v) is 1.49. The first-order chi connectivity index (χ1) is 3.93. The highest BCUT2D eigenvalue weighted by Gasteiger charge is 1.87. The lowest BCUT2D eigenvalue weighted by molar-refractivity contribution is 1.19. The third kappa shape index (κ3) is 1.17. The largest absolute Gasteiger partial charge is 0.249 e. The molecule has 0 amide bonds. The Morgan fingerprint density at radius 3 is 3.38 bits per heavy atom. The van der Waals surface area contributed by atoms with Gasteiger partial charge in [0.15, 0.2) is 0 Å². The summed E-state index contributed by atoms with van der Waals surface area (Å²) >= 11 is 1.54. The van der Waals surface area contributed by atoms with Gasteiger partial charge in [0.2, 0.25) is 0 Å². The predicted molar refractivity (Wildman–Crippen MR) is 34.9 cm³/mol. The van der Waals surface area contributed by atoms with Gasteiger partial charge in [-0.05, 0) is 0 Å². The molecule has 1 nitrogen and oxygen atoms in total. The molecule has 0 aromatic carbocycles. The van der Waals surface area contributed by atoms with Crippen molar-refractivity contribution < 1.29 is 0 Å². The minimum absolute atomic E-state index is 0.869. The summed E-state index contributed by atoms with van der Waals surface area (Å²) in [6.07, 6.45) is 4.39. The van der Waals surface area contributed by atoms with Crippen LogP contribution in [0.2, 0.25) is 0 Å². The van der Waals surface area contributed by atoms with E-state index in [2.05, 4.69) is 16.9 Å². The van der Waals surface area contributed by atoms with Crippen molar-refractivity contribution in [2.45, 2.75) is 6.42 Å².